The summed E-state index contributed by atoms with van der Waals surface area (Å²) in [5.74, 6) is 0.403. The number of rotatable bonds is 4. The Balaban J connectivity index is 1.99. The average Bonchev–Trinajstić information content (AvgIpc) is 2.82. The lowest BCUT2D eigenvalue weighted by Gasteiger charge is -2.13. The highest BCUT2D eigenvalue weighted by molar-refractivity contribution is 5.25. The normalized spacial score (nSPS) is 12.6. The Kier molecular flexibility index (Phi) is 3.49. The van der Waals surface area contributed by atoms with Gasteiger partial charge in [-0.3, -0.25) is 0 Å². The minimum atomic E-state index is -0.185. The van der Waals surface area contributed by atoms with Crippen LogP contribution < -0.4 is 5.32 Å². The summed E-state index contributed by atoms with van der Waals surface area (Å²) in [7, 11) is 0. The summed E-state index contributed by atoms with van der Waals surface area (Å²) in [5.41, 5.74) is 1.55. The summed E-state index contributed by atoms with van der Waals surface area (Å²) in [4.78, 5) is 3.90. The minimum absolute atomic E-state index is 0.0311. The Bertz CT molecular complexity index is 485. The Morgan fingerprint density at radius 3 is 2.94 bits per heavy atom. The lowest BCUT2D eigenvalue weighted by Crippen LogP contribution is -2.19. The molecule has 0 aliphatic heterocycles. The fraction of sp³-hybridized carbons (Fsp3) is 0.333. The molecule has 0 amide bonds. The zero-order chi connectivity index (χ0) is 12.3. The van der Waals surface area contributed by atoms with Crippen molar-refractivity contribution >= 4 is 0 Å². The van der Waals surface area contributed by atoms with E-state index in [1.54, 1.807) is 19.1 Å². The van der Waals surface area contributed by atoms with Gasteiger partial charge in [-0.05, 0) is 31.0 Å². The molecule has 17 heavy (non-hydrogen) atoms. The van der Waals surface area contributed by atoms with Gasteiger partial charge in [-0.15, -0.1) is 0 Å². The van der Waals surface area contributed by atoms with Crippen LogP contribution in [-0.2, 0) is 6.54 Å². The number of halogens is 1. The highest BCUT2D eigenvalue weighted by Gasteiger charge is 2.08. The van der Waals surface area contributed by atoms with E-state index in [9.17, 15) is 4.39 Å². The molecule has 1 heterocycles. The zero-order valence-corrected chi connectivity index (χ0v) is 9.77. The average molecular weight is 235 g/mol. The molecule has 0 fully saturated rings. The van der Waals surface area contributed by atoms with Crippen LogP contribution in [0.2, 0.25) is 0 Å². The van der Waals surface area contributed by atoms with Gasteiger partial charge in [0.15, 0.2) is 5.82 Å². The van der Waals surface area contributed by atoms with Gasteiger partial charge < -0.3 is 9.84 Å². The predicted octanol–water partition coefficient (Wildman–Crippen LogP) is 2.37. The minimum Gasteiger partial charge on any atom is -0.343 e. The monoisotopic (exact) mass is 235 g/mol. The van der Waals surface area contributed by atoms with Gasteiger partial charge in [0.2, 0.25) is 6.39 Å². The maximum absolute atomic E-state index is 13.4. The molecule has 1 N–H and O–H groups in total. The van der Waals surface area contributed by atoms with Crippen molar-refractivity contribution in [3.63, 3.8) is 0 Å². The first-order chi connectivity index (χ1) is 8.16. The molecule has 0 bridgehead atoms. The number of benzene rings is 1. The van der Waals surface area contributed by atoms with E-state index >= 15 is 0 Å². The fourth-order valence-corrected chi connectivity index (χ4v) is 1.51. The molecule has 5 heteroatoms. The molecule has 1 atom stereocenters. The standard InChI is InChI=1S/C12H14FN3O/c1-8-3-4-10(5-11(8)13)9(2)14-6-12-15-7-17-16-12/h3-5,7,9,14H,6H2,1-2H3. The molecule has 90 valence electrons. The summed E-state index contributed by atoms with van der Waals surface area (Å²) in [5, 5.41) is 6.89. The second-order valence-corrected chi connectivity index (χ2v) is 3.96. The number of nitrogens with one attached hydrogen (secondary N) is 1. The van der Waals surface area contributed by atoms with Crippen LogP contribution in [0.3, 0.4) is 0 Å². The zero-order valence-electron chi connectivity index (χ0n) is 9.77. The van der Waals surface area contributed by atoms with E-state index < -0.39 is 0 Å². The topological polar surface area (TPSA) is 51.0 Å². The van der Waals surface area contributed by atoms with Crippen molar-refractivity contribution in [1.29, 1.82) is 0 Å². The third kappa shape index (κ3) is 2.88. The molecule has 0 radical (unpaired) electrons. The second-order valence-electron chi connectivity index (χ2n) is 3.96. The van der Waals surface area contributed by atoms with Gasteiger partial charge >= 0.3 is 0 Å². The molecule has 2 rings (SSSR count). The third-order valence-electron chi connectivity index (χ3n) is 2.67. The highest BCUT2D eigenvalue weighted by atomic mass is 19.1. The molecule has 1 aromatic heterocycles. The summed E-state index contributed by atoms with van der Waals surface area (Å²) in [6, 6.07) is 5.26. The summed E-state index contributed by atoms with van der Waals surface area (Å²) in [6.07, 6.45) is 1.28. The quantitative estimate of drug-likeness (QED) is 0.883. The molecule has 0 saturated heterocycles. The molecular weight excluding hydrogens is 221 g/mol. The molecule has 0 aliphatic carbocycles. The highest BCUT2D eigenvalue weighted by Crippen LogP contribution is 2.16. The summed E-state index contributed by atoms with van der Waals surface area (Å²) < 4.78 is 18.0. The van der Waals surface area contributed by atoms with Gasteiger partial charge in [0, 0.05) is 6.04 Å². The molecule has 1 unspecified atom stereocenters. The summed E-state index contributed by atoms with van der Waals surface area (Å²) in [6.45, 7) is 4.20. The lowest BCUT2D eigenvalue weighted by atomic mass is 10.1. The number of nitrogens with zero attached hydrogens (tertiary/aromatic N) is 2. The number of hydrogen-bond donors (Lipinski definition) is 1. The fourth-order valence-electron chi connectivity index (χ4n) is 1.51. The maximum Gasteiger partial charge on any atom is 0.213 e. The van der Waals surface area contributed by atoms with E-state index in [2.05, 4.69) is 20.0 Å². The van der Waals surface area contributed by atoms with Gasteiger partial charge in [0.25, 0.3) is 0 Å². The number of aryl methyl sites for hydroxylation is 1. The van der Waals surface area contributed by atoms with Crippen molar-refractivity contribution in [2.24, 2.45) is 0 Å². The van der Waals surface area contributed by atoms with Crippen LogP contribution in [0.15, 0.2) is 29.1 Å². The molecular formula is C12H14FN3O. The van der Waals surface area contributed by atoms with Crippen LogP contribution in [0.1, 0.15) is 29.9 Å². The van der Waals surface area contributed by atoms with Gasteiger partial charge in [0.05, 0.1) is 6.54 Å². The Morgan fingerprint density at radius 1 is 1.47 bits per heavy atom. The van der Waals surface area contributed by atoms with Crippen molar-refractivity contribution in [1.82, 2.24) is 15.5 Å². The number of hydrogen-bond acceptors (Lipinski definition) is 4. The molecule has 0 saturated carbocycles. The maximum atomic E-state index is 13.4. The van der Waals surface area contributed by atoms with Crippen LogP contribution in [0.5, 0.6) is 0 Å². The third-order valence-corrected chi connectivity index (χ3v) is 2.67. The van der Waals surface area contributed by atoms with E-state index in [4.69, 9.17) is 0 Å². The van der Waals surface area contributed by atoms with Crippen LogP contribution >= 0.6 is 0 Å². The summed E-state index contributed by atoms with van der Waals surface area (Å²) >= 11 is 0. The van der Waals surface area contributed by atoms with Gasteiger partial charge in [-0.25, -0.2) is 4.39 Å². The van der Waals surface area contributed by atoms with Crippen molar-refractivity contribution in [2.75, 3.05) is 0 Å². The molecule has 4 nitrogen and oxygen atoms in total. The van der Waals surface area contributed by atoms with Crippen LogP contribution in [0.25, 0.3) is 0 Å². The van der Waals surface area contributed by atoms with Gasteiger partial charge in [-0.1, -0.05) is 17.3 Å². The molecule has 0 aliphatic rings. The smallest absolute Gasteiger partial charge is 0.213 e. The van der Waals surface area contributed by atoms with E-state index in [0.717, 1.165) is 5.56 Å². The van der Waals surface area contributed by atoms with Crippen molar-refractivity contribution < 1.29 is 8.91 Å². The van der Waals surface area contributed by atoms with Crippen LogP contribution in [0, 0.1) is 12.7 Å². The first-order valence-corrected chi connectivity index (χ1v) is 5.41. The van der Waals surface area contributed by atoms with E-state index in [0.29, 0.717) is 17.9 Å². The first kappa shape index (κ1) is 11.7. The van der Waals surface area contributed by atoms with Gasteiger partial charge in [-0.2, -0.15) is 4.98 Å². The van der Waals surface area contributed by atoms with Crippen LogP contribution in [-0.4, -0.2) is 10.1 Å². The largest absolute Gasteiger partial charge is 0.343 e. The molecule has 0 spiro atoms. The van der Waals surface area contributed by atoms with E-state index in [1.165, 1.54) is 6.39 Å². The first-order valence-electron chi connectivity index (χ1n) is 5.41. The van der Waals surface area contributed by atoms with Gasteiger partial charge in [0.1, 0.15) is 5.82 Å². The van der Waals surface area contributed by atoms with Crippen molar-refractivity contribution in [2.45, 2.75) is 26.4 Å². The lowest BCUT2D eigenvalue weighted by molar-refractivity contribution is 0.405. The Morgan fingerprint density at radius 2 is 2.29 bits per heavy atom. The SMILES string of the molecule is Cc1ccc(C(C)NCc2ncon2)cc1F. The van der Waals surface area contributed by atoms with Crippen molar-refractivity contribution in [3.8, 4) is 0 Å². The van der Waals surface area contributed by atoms with E-state index in [1.807, 2.05) is 13.0 Å². The Hall–Kier alpha value is -1.75. The predicted molar refractivity (Wildman–Crippen MR) is 60.7 cm³/mol. The van der Waals surface area contributed by atoms with Crippen molar-refractivity contribution in [3.05, 3.63) is 47.4 Å². The molecule has 2 aromatic rings. The second kappa shape index (κ2) is 5.05. The number of aromatic nitrogens is 2. The van der Waals surface area contributed by atoms with Crippen LogP contribution in [0.4, 0.5) is 4.39 Å². The Labute approximate surface area is 98.8 Å². The van der Waals surface area contributed by atoms with E-state index in [-0.39, 0.29) is 11.9 Å². The molecule has 1 aromatic carbocycles.